The van der Waals surface area contributed by atoms with E-state index in [0.29, 0.717) is 28.1 Å². The smallest absolute Gasteiger partial charge is 0.319 e. The zero-order valence-electron chi connectivity index (χ0n) is 18.1. The van der Waals surface area contributed by atoms with E-state index in [2.05, 4.69) is 16.0 Å². The number of fused-ring (bicyclic) bond motifs is 4. The fraction of sp³-hybridized carbons (Fsp3) is 0.360. The Labute approximate surface area is 196 Å². The molecule has 2 aromatic carbocycles. The Balaban J connectivity index is 1.49. The standard InChI is InChI=1S/C25H26ClN3O4/c26-18-12-16-13-19(23(31)27-17(14-30)11-15-7-3-1-4-8-15)33-22(16)20-21(18)28-24(32)29-25(20)9-5-2-6-10-25/h1,3-4,7-8,12-13,17,30H,2,5-6,9-11,14H2,(H,27,31)(H2,28,29,32). The maximum absolute atomic E-state index is 13.0. The second-order valence-electron chi connectivity index (χ2n) is 8.90. The van der Waals surface area contributed by atoms with E-state index in [1.165, 1.54) is 0 Å². The summed E-state index contributed by atoms with van der Waals surface area (Å²) in [6, 6.07) is 12.3. The van der Waals surface area contributed by atoms with Gasteiger partial charge in [0.25, 0.3) is 5.91 Å². The van der Waals surface area contributed by atoms with Crippen molar-refractivity contribution in [2.24, 2.45) is 0 Å². The highest BCUT2D eigenvalue weighted by Gasteiger charge is 2.43. The maximum Gasteiger partial charge on any atom is 0.319 e. The molecular weight excluding hydrogens is 442 g/mol. The molecule has 1 aliphatic carbocycles. The van der Waals surface area contributed by atoms with Crippen LogP contribution >= 0.6 is 11.6 Å². The second-order valence-corrected chi connectivity index (χ2v) is 9.31. The first-order valence-corrected chi connectivity index (χ1v) is 11.7. The van der Waals surface area contributed by atoms with Crippen molar-refractivity contribution in [1.82, 2.24) is 10.6 Å². The maximum atomic E-state index is 13.0. The molecule has 1 atom stereocenters. The Morgan fingerprint density at radius 2 is 1.94 bits per heavy atom. The van der Waals surface area contributed by atoms with Gasteiger partial charge in [-0.15, -0.1) is 0 Å². The number of urea groups is 1. The molecule has 1 aromatic heterocycles. The third-order valence-electron chi connectivity index (χ3n) is 6.64. The van der Waals surface area contributed by atoms with Crippen molar-refractivity contribution in [2.45, 2.75) is 50.1 Å². The predicted molar refractivity (Wildman–Crippen MR) is 127 cm³/mol. The molecule has 4 N–H and O–H groups in total. The number of carbonyl (C=O) groups is 2. The van der Waals surface area contributed by atoms with E-state index < -0.39 is 17.5 Å². The Morgan fingerprint density at radius 1 is 1.18 bits per heavy atom. The minimum Gasteiger partial charge on any atom is -0.450 e. The number of aliphatic hydroxyl groups is 1. The van der Waals surface area contributed by atoms with Gasteiger partial charge in [-0.1, -0.05) is 61.2 Å². The first-order valence-electron chi connectivity index (χ1n) is 11.3. The highest BCUT2D eigenvalue weighted by atomic mass is 35.5. The van der Waals surface area contributed by atoms with Crippen LogP contribution in [0.1, 0.15) is 53.8 Å². The van der Waals surface area contributed by atoms with Crippen LogP contribution in [0.15, 0.2) is 46.9 Å². The van der Waals surface area contributed by atoms with Crippen molar-refractivity contribution < 1.29 is 19.1 Å². The van der Waals surface area contributed by atoms with Crippen LogP contribution in [0.4, 0.5) is 10.5 Å². The van der Waals surface area contributed by atoms with E-state index in [1.807, 2.05) is 30.3 Å². The molecule has 0 bridgehead atoms. The van der Waals surface area contributed by atoms with Gasteiger partial charge in [0.1, 0.15) is 5.58 Å². The summed E-state index contributed by atoms with van der Waals surface area (Å²) in [5.74, 6) is -0.264. The molecule has 172 valence electrons. The molecule has 3 amide bonds. The number of rotatable bonds is 5. The summed E-state index contributed by atoms with van der Waals surface area (Å²) in [4.78, 5) is 25.4. The summed E-state index contributed by atoms with van der Waals surface area (Å²) in [7, 11) is 0. The van der Waals surface area contributed by atoms with E-state index in [1.54, 1.807) is 12.1 Å². The van der Waals surface area contributed by atoms with E-state index in [0.717, 1.165) is 43.2 Å². The van der Waals surface area contributed by atoms with Crippen molar-refractivity contribution >= 4 is 40.2 Å². The molecule has 7 nitrogen and oxygen atoms in total. The largest absolute Gasteiger partial charge is 0.450 e. The Morgan fingerprint density at radius 3 is 2.67 bits per heavy atom. The van der Waals surface area contributed by atoms with Gasteiger partial charge in [-0.05, 0) is 37.0 Å². The van der Waals surface area contributed by atoms with Crippen molar-refractivity contribution in [3.05, 3.63) is 64.4 Å². The summed E-state index contributed by atoms with van der Waals surface area (Å²) < 4.78 is 6.10. The number of hydrogen-bond acceptors (Lipinski definition) is 4. The van der Waals surface area contributed by atoms with Crippen LogP contribution in [-0.2, 0) is 12.0 Å². The normalized spacial score (nSPS) is 17.8. The molecule has 0 radical (unpaired) electrons. The fourth-order valence-corrected chi connectivity index (χ4v) is 5.37. The number of carbonyl (C=O) groups excluding carboxylic acids is 2. The molecule has 2 aliphatic rings. The lowest BCUT2D eigenvalue weighted by Crippen LogP contribution is -2.52. The molecule has 2 heterocycles. The molecule has 1 aliphatic heterocycles. The third-order valence-corrected chi connectivity index (χ3v) is 6.94. The number of halogens is 1. The SMILES string of the molecule is O=C1Nc2c(Cl)cc3cc(C(=O)NC(CO)Cc4ccccc4)oc3c2C2(CCCCC2)N1. The number of amides is 3. The third kappa shape index (κ3) is 4.07. The van der Waals surface area contributed by atoms with E-state index >= 15 is 0 Å². The molecule has 1 unspecified atom stereocenters. The van der Waals surface area contributed by atoms with Gasteiger partial charge >= 0.3 is 6.03 Å². The number of hydrogen-bond donors (Lipinski definition) is 4. The Hall–Kier alpha value is -3.03. The van der Waals surface area contributed by atoms with Crippen molar-refractivity contribution in [3.8, 4) is 0 Å². The molecule has 0 saturated heterocycles. The monoisotopic (exact) mass is 467 g/mol. The van der Waals surface area contributed by atoms with E-state index in [4.69, 9.17) is 16.0 Å². The number of anilines is 1. The average Bonchev–Trinajstić information content (AvgIpc) is 3.23. The average molecular weight is 468 g/mol. The summed E-state index contributed by atoms with van der Waals surface area (Å²) in [5, 5.41) is 19.7. The van der Waals surface area contributed by atoms with Gasteiger partial charge in [0, 0.05) is 10.9 Å². The zero-order chi connectivity index (χ0) is 23.0. The fourth-order valence-electron chi connectivity index (χ4n) is 5.11. The predicted octanol–water partition coefficient (Wildman–Crippen LogP) is 4.71. The van der Waals surface area contributed by atoms with Gasteiger partial charge in [0.05, 0.1) is 28.9 Å². The van der Waals surface area contributed by atoms with Crippen molar-refractivity contribution in [3.63, 3.8) is 0 Å². The summed E-state index contributed by atoms with van der Waals surface area (Å²) in [6.07, 6.45) is 5.16. The van der Waals surface area contributed by atoms with Gasteiger partial charge < -0.3 is 25.5 Å². The topological polar surface area (TPSA) is 104 Å². The molecule has 1 saturated carbocycles. The van der Waals surface area contributed by atoms with Crippen LogP contribution in [-0.4, -0.2) is 29.7 Å². The first-order chi connectivity index (χ1) is 16.0. The van der Waals surface area contributed by atoms with Gasteiger partial charge in [0.15, 0.2) is 5.76 Å². The molecule has 1 spiro atoms. The lowest BCUT2D eigenvalue weighted by molar-refractivity contribution is 0.0890. The molecule has 8 heteroatoms. The Bertz CT molecular complexity index is 1200. The quantitative estimate of drug-likeness (QED) is 0.436. The number of nitrogens with one attached hydrogen (secondary N) is 3. The van der Waals surface area contributed by atoms with Crippen LogP contribution < -0.4 is 16.0 Å². The highest BCUT2D eigenvalue weighted by Crippen LogP contribution is 2.48. The Kier molecular flexibility index (Phi) is 5.76. The molecule has 3 aromatic rings. The van der Waals surface area contributed by atoms with Gasteiger partial charge in [-0.25, -0.2) is 4.79 Å². The van der Waals surface area contributed by atoms with Gasteiger partial charge in [-0.3, -0.25) is 4.79 Å². The van der Waals surface area contributed by atoms with Crippen LogP contribution in [0.2, 0.25) is 5.02 Å². The molecule has 1 fully saturated rings. The molecule has 33 heavy (non-hydrogen) atoms. The van der Waals surface area contributed by atoms with Crippen molar-refractivity contribution in [2.75, 3.05) is 11.9 Å². The lowest BCUT2D eigenvalue weighted by Gasteiger charge is -2.42. The van der Waals surface area contributed by atoms with E-state index in [9.17, 15) is 14.7 Å². The second kappa shape index (κ2) is 8.72. The summed E-state index contributed by atoms with van der Waals surface area (Å²) >= 11 is 6.56. The van der Waals surface area contributed by atoms with Crippen LogP contribution in [0.25, 0.3) is 11.0 Å². The lowest BCUT2D eigenvalue weighted by atomic mass is 9.74. The van der Waals surface area contributed by atoms with Gasteiger partial charge in [-0.2, -0.15) is 0 Å². The minimum absolute atomic E-state index is 0.142. The van der Waals surface area contributed by atoms with Gasteiger partial charge in [0.2, 0.25) is 0 Å². The van der Waals surface area contributed by atoms with E-state index in [-0.39, 0.29) is 18.4 Å². The number of furan rings is 1. The highest BCUT2D eigenvalue weighted by molar-refractivity contribution is 6.35. The first kappa shape index (κ1) is 21.8. The number of benzene rings is 2. The van der Waals surface area contributed by atoms with Crippen molar-refractivity contribution in [1.29, 1.82) is 0 Å². The molecular formula is C25H26ClN3O4. The zero-order valence-corrected chi connectivity index (χ0v) is 18.9. The minimum atomic E-state index is -0.564. The number of aliphatic hydroxyl groups excluding tert-OH is 1. The summed E-state index contributed by atoms with van der Waals surface area (Å²) in [6.45, 7) is -0.193. The van der Waals surface area contributed by atoms with Crippen LogP contribution in [0.3, 0.4) is 0 Å². The summed E-state index contributed by atoms with van der Waals surface area (Å²) in [5.41, 5.74) is 2.37. The molecule has 5 rings (SSSR count). The van der Waals surface area contributed by atoms with Crippen LogP contribution in [0.5, 0.6) is 0 Å². The van der Waals surface area contributed by atoms with Crippen LogP contribution in [0, 0.1) is 0 Å².